The molecule has 104 valence electrons. The Kier molecular flexibility index (Phi) is 5.46. The molecule has 0 aliphatic carbocycles. The van der Waals surface area contributed by atoms with Crippen LogP contribution in [0.3, 0.4) is 0 Å². The van der Waals surface area contributed by atoms with Crippen LogP contribution in [-0.4, -0.2) is 11.1 Å². The van der Waals surface area contributed by atoms with Crippen LogP contribution < -0.4 is 0 Å². The molecule has 0 aromatic heterocycles. The SMILES string of the molecule is CCCCCCC1=CC(C)N(Cc2ccccc2)O1. The second-order valence-corrected chi connectivity index (χ2v) is 5.34. The van der Waals surface area contributed by atoms with Crippen molar-refractivity contribution in [1.82, 2.24) is 5.06 Å². The second kappa shape index (κ2) is 7.34. The number of unbranched alkanes of at least 4 members (excludes halogenated alkanes) is 3. The van der Waals surface area contributed by atoms with Crippen molar-refractivity contribution in [1.29, 1.82) is 0 Å². The van der Waals surface area contributed by atoms with Gasteiger partial charge in [0.2, 0.25) is 0 Å². The lowest BCUT2D eigenvalue weighted by Gasteiger charge is -2.20. The second-order valence-electron chi connectivity index (χ2n) is 5.34. The van der Waals surface area contributed by atoms with Crippen LogP contribution in [0.25, 0.3) is 0 Å². The first-order valence-corrected chi connectivity index (χ1v) is 7.49. The lowest BCUT2D eigenvalue weighted by molar-refractivity contribution is -0.124. The summed E-state index contributed by atoms with van der Waals surface area (Å²) in [6, 6.07) is 10.9. The molecule has 0 saturated carbocycles. The zero-order valence-corrected chi connectivity index (χ0v) is 12.1. The highest BCUT2D eigenvalue weighted by atomic mass is 16.7. The third-order valence-corrected chi connectivity index (χ3v) is 3.57. The number of benzene rings is 1. The van der Waals surface area contributed by atoms with E-state index in [1.165, 1.54) is 31.2 Å². The molecule has 0 fully saturated rings. The first-order chi connectivity index (χ1) is 9.29. The molecule has 1 aliphatic heterocycles. The van der Waals surface area contributed by atoms with E-state index in [2.05, 4.69) is 55.3 Å². The van der Waals surface area contributed by atoms with Gasteiger partial charge in [0, 0.05) is 6.42 Å². The fourth-order valence-electron chi connectivity index (χ4n) is 2.41. The van der Waals surface area contributed by atoms with E-state index < -0.39 is 0 Å². The zero-order chi connectivity index (χ0) is 13.5. The molecule has 0 radical (unpaired) electrons. The van der Waals surface area contributed by atoms with Crippen LogP contribution in [0.2, 0.25) is 0 Å². The van der Waals surface area contributed by atoms with Gasteiger partial charge in [-0.15, -0.1) is 5.06 Å². The van der Waals surface area contributed by atoms with Gasteiger partial charge in [-0.25, -0.2) is 0 Å². The Morgan fingerprint density at radius 1 is 1.11 bits per heavy atom. The Balaban J connectivity index is 1.77. The summed E-state index contributed by atoms with van der Waals surface area (Å²) < 4.78 is 0. The predicted octanol–water partition coefficient (Wildman–Crippen LogP) is 4.68. The third-order valence-electron chi connectivity index (χ3n) is 3.57. The maximum absolute atomic E-state index is 5.95. The summed E-state index contributed by atoms with van der Waals surface area (Å²) in [6.07, 6.45) is 8.51. The van der Waals surface area contributed by atoms with Gasteiger partial charge in [-0.1, -0.05) is 56.5 Å². The van der Waals surface area contributed by atoms with E-state index >= 15 is 0 Å². The summed E-state index contributed by atoms with van der Waals surface area (Å²) in [7, 11) is 0. The van der Waals surface area contributed by atoms with Crippen molar-refractivity contribution in [2.75, 3.05) is 0 Å². The van der Waals surface area contributed by atoms with Gasteiger partial charge in [-0.2, -0.15) is 0 Å². The highest BCUT2D eigenvalue weighted by Crippen LogP contribution is 2.24. The van der Waals surface area contributed by atoms with Crippen LogP contribution in [0.4, 0.5) is 0 Å². The highest BCUT2D eigenvalue weighted by Gasteiger charge is 2.22. The van der Waals surface area contributed by atoms with E-state index in [4.69, 9.17) is 4.84 Å². The minimum atomic E-state index is 0.376. The van der Waals surface area contributed by atoms with Gasteiger partial charge in [0.05, 0.1) is 12.6 Å². The van der Waals surface area contributed by atoms with Crippen molar-refractivity contribution >= 4 is 0 Å². The largest absolute Gasteiger partial charge is 0.410 e. The quantitative estimate of drug-likeness (QED) is 0.659. The standard InChI is InChI=1S/C17H25NO/c1-3-4-5-9-12-17-13-15(2)18(19-17)14-16-10-7-6-8-11-16/h6-8,10-11,13,15H,3-5,9,12,14H2,1-2H3. The van der Waals surface area contributed by atoms with Gasteiger partial charge in [-0.3, -0.25) is 0 Å². The van der Waals surface area contributed by atoms with Gasteiger partial charge < -0.3 is 4.84 Å². The zero-order valence-electron chi connectivity index (χ0n) is 12.1. The lowest BCUT2D eigenvalue weighted by Crippen LogP contribution is -2.25. The summed E-state index contributed by atoms with van der Waals surface area (Å²) in [6.45, 7) is 5.30. The average molecular weight is 259 g/mol. The van der Waals surface area contributed by atoms with Crippen LogP contribution in [0.5, 0.6) is 0 Å². The molecule has 0 bridgehead atoms. The highest BCUT2D eigenvalue weighted by molar-refractivity contribution is 5.15. The van der Waals surface area contributed by atoms with Crippen molar-refractivity contribution < 1.29 is 4.84 Å². The maximum Gasteiger partial charge on any atom is 0.122 e. The Hall–Kier alpha value is -1.28. The number of hydrogen-bond donors (Lipinski definition) is 0. The molecule has 1 heterocycles. The minimum absolute atomic E-state index is 0.376. The fraction of sp³-hybridized carbons (Fsp3) is 0.529. The molecule has 1 aromatic carbocycles. The summed E-state index contributed by atoms with van der Waals surface area (Å²) in [5, 5.41) is 2.07. The Morgan fingerprint density at radius 3 is 2.63 bits per heavy atom. The molecule has 1 aliphatic rings. The van der Waals surface area contributed by atoms with Crippen LogP contribution in [0.15, 0.2) is 42.2 Å². The molecule has 19 heavy (non-hydrogen) atoms. The molecule has 0 saturated heterocycles. The van der Waals surface area contributed by atoms with E-state index in [1.54, 1.807) is 0 Å². The van der Waals surface area contributed by atoms with E-state index in [1.807, 2.05) is 0 Å². The number of rotatable bonds is 7. The Labute approximate surface area is 117 Å². The lowest BCUT2D eigenvalue weighted by atomic mass is 10.1. The van der Waals surface area contributed by atoms with Gasteiger partial charge >= 0.3 is 0 Å². The first-order valence-electron chi connectivity index (χ1n) is 7.49. The first kappa shape index (κ1) is 14.1. The molecule has 1 unspecified atom stereocenters. The number of nitrogens with zero attached hydrogens (tertiary/aromatic N) is 1. The topological polar surface area (TPSA) is 12.5 Å². The average Bonchev–Trinajstić information content (AvgIpc) is 2.77. The van der Waals surface area contributed by atoms with Crippen molar-refractivity contribution in [3.05, 3.63) is 47.7 Å². The maximum atomic E-state index is 5.95. The summed E-state index contributed by atoms with van der Waals surface area (Å²) in [5.41, 5.74) is 1.30. The fourth-order valence-corrected chi connectivity index (χ4v) is 2.41. The van der Waals surface area contributed by atoms with Crippen LogP contribution in [0, 0.1) is 0 Å². The molecule has 2 rings (SSSR count). The number of hydroxylamine groups is 2. The summed E-state index contributed by atoms with van der Waals surface area (Å²) >= 11 is 0. The van der Waals surface area contributed by atoms with Crippen molar-refractivity contribution in [3.8, 4) is 0 Å². The van der Waals surface area contributed by atoms with Gasteiger partial charge in [0.1, 0.15) is 5.76 Å². The van der Waals surface area contributed by atoms with Gasteiger partial charge in [-0.05, 0) is 25.0 Å². The van der Waals surface area contributed by atoms with Gasteiger partial charge in [0.15, 0.2) is 0 Å². The van der Waals surface area contributed by atoms with E-state index in [9.17, 15) is 0 Å². The molecular weight excluding hydrogens is 234 g/mol. The molecular formula is C17H25NO. The smallest absolute Gasteiger partial charge is 0.122 e. The normalized spacial score (nSPS) is 19.3. The monoisotopic (exact) mass is 259 g/mol. The van der Waals surface area contributed by atoms with Crippen LogP contribution >= 0.6 is 0 Å². The number of hydrogen-bond acceptors (Lipinski definition) is 2. The molecule has 2 nitrogen and oxygen atoms in total. The van der Waals surface area contributed by atoms with E-state index in [-0.39, 0.29) is 0 Å². The summed E-state index contributed by atoms with van der Waals surface area (Å²) in [4.78, 5) is 5.95. The van der Waals surface area contributed by atoms with Crippen molar-refractivity contribution in [3.63, 3.8) is 0 Å². The molecule has 1 aromatic rings. The van der Waals surface area contributed by atoms with Gasteiger partial charge in [0.25, 0.3) is 0 Å². The van der Waals surface area contributed by atoms with Crippen LogP contribution in [-0.2, 0) is 11.4 Å². The van der Waals surface area contributed by atoms with E-state index in [0.717, 1.165) is 18.7 Å². The molecule has 2 heteroatoms. The molecule has 0 amide bonds. The Morgan fingerprint density at radius 2 is 1.89 bits per heavy atom. The third kappa shape index (κ3) is 4.39. The van der Waals surface area contributed by atoms with Crippen molar-refractivity contribution in [2.45, 2.75) is 58.5 Å². The van der Waals surface area contributed by atoms with Crippen molar-refractivity contribution in [2.24, 2.45) is 0 Å². The van der Waals surface area contributed by atoms with Crippen LogP contribution in [0.1, 0.15) is 51.5 Å². The molecule has 0 N–H and O–H groups in total. The number of allylic oxidation sites excluding steroid dienone is 1. The summed E-state index contributed by atoms with van der Waals surface area (Å²) in [5.74, 6) is 1.15. The molecule has 0 spiro atoms. The molecule has 1 atom stereocenters. The minimum Gasteiger partial charge on any atom is -0.410 e. The Bertz CT molecular complexity index is 399. The predicted molar refractivity (Wildman–Crippen MR) is 79.4 cm³/mol. The van der Waals surface area contributed by atoms with E-state index in [0.29, 0.717) is 6.04 Å².